The maximum Gasteiger partial charge on any atom is 0.224 e. The van der Waals surface area contributed by atoms with Crippen LogP contribution in [-0.2, 0) is 11.2 Å². The number of aryl methyl sites for hydroxylation is 1. The Kier molecular flexibility index (Phi) is 5.27. The Morgan fingerprint density at radius 3 is 2.33 bits per heavy atom. The van der Waals surface area contributed by atoms with Crippen molar-refractivity contribution in [2.45, 2.75) is 26.7 Å². The average Bonchev–Trinajstić information content (AvgIpc) is 2.43. The molecule has 2 nitrogen and oxygen atoms in total. The normalized spacial score (nSPS) is 10.5. The van der Waals surface area contributed by atoms with Crippen molar-refractivity contribution in [1.82, 2.24) is 0 Å². The van der Waals surface area contributed by atoms with Crippen LogP contribution < -0.4 is 5.32 Å². The highest BCUT2D eigenvalue weighted by Gasteiger charge is 2.10. The second-order valence-corrected chi connectivity index (χ2v) is 5.81. The second kappa shape index (κ2) is 6.97. The molecule has 0 heterocycles. The molecule has 0 fully saturated rings. The van der Waals surface area contributed by atoms with Crippen LogP contribution in [0.1, 0.15) is 23.1 Å². The van der Waals surface area contributed by atoms with Gasteiger partial charge in [-0.3, -0.25) is 4.79 Å². The molecular formula is C17H17Cl2NO. The van der Waals surface area contributed by atoms with Gasteiger partial charge in [0, 0.05) is 22.2 Å². The molecule has 4 heteroatoms. The molecular weight excluding hydrogens is 305 g/mol. The zero-order chi connectivity index (χ0) is 15.4. The van der Waals surface area contributed by atoms with Crippen LogP contribution in [-0.4, -0.2) is 5.91 Å². The third-order valence-corrected chi connectivity index (χ3v) is 4.25. The molecule has 0 aliphatic rings. The first-order valence-electron chi connectivity index (χ1n) is 6.78. The minimum atomic E-state index is -0.0420. The number of halogens is 2. The van der Waals surface area contributed by atoms with Gasteiger partial charge in [-0.05, 0) is 55.2 Å². The summed E-state index contributed by atoms with van der Waals surface area (Å²) in [5, 5.41) is 4.13. The number of hydrogen-bond acceptors (Lipinski definition) is 1. The van der Waals surface area contributed by atoms with Crippen LogP contribution in [0.2, 0.25) is 10.0 Å². The summed E-state index contributed by atoms with van der Waals surface area (Å²) in [6, 6.07) is 11.2. The summed E-state index contributed by atoms with van der Waals surface area (Å²) in [7, 11) is 0. The molecule has 0 aromatic heterocycles. The molecule has 2 aromatic carbocycles. The molecule has 1 N–H and O–H groups in total. The number of hydrogen-bond donors (Lipinski definition) is 1. The number of rotatable bonds is 4. The van der Waals surface area contributed by atoms with Crippen LogP contribution in [0.5, 0.6) is 0 Å². The summed E-state index contributed by atoms with van der Waals surface area (Å²) in [5.74, 6) is -0.0420. The fourth-order valence-corrected chi connectivity index (χ4v) is 2.70. The Labute approximate surface area is 135 Å². The van der Waals surface area contributed by atoms with E-state index in [4.69, 9.17) is 23.2 Å². The first kappa shape index (κ1) is 15.9. The topological polar surface area (TPSA) is 29.1 Å². The highest BCUT2D eigenvalue weighted by molar-refractivity contribution is 6.36. The van der Waals surface area contributed by atoms with Crippen LogP contribution >= 0.6 is 23.2 Å². The van der Waals surface area contributed by atoms with Gasteiger partial charge in [0.25, 0.3) is 0 Å². The van der Waals surface area contributed by atoms with E-state index in [1.807, 2.05) is 32.0 Å². The van der Waals surface area contributed by atoms with Crippen molar-refractivity contribution in [2.75, 3.05) is 5.32 Å². The van der Waals surface area contributed by atoms with Crippen LogP contribution in [0, 0.1) is 13.8 Å². The van der Waals surface area contributed by atoms with Crippen molar-refractivity contribution in [3.05, 3.63) is 63.1 Å². The van der Waals surface area contributed by atoms with Crippen molar-refractivity contribution in [3.63, 3.8) is 0 Å². The first-order valence-corrected chi connectivity index (χ1v) is 7.53. The number of carbonyl (C=O) groups is 1. The van der Waals surface area contributed by atoms with Crippen molar-refractivity contribution >= 4 is 34.8 Å². The lowest BCUT2D eigenvalue weighted by Gasteiger charge is -2.11. The molecule has 0 bridgehead atoms. The van der Waals surface area contributed by atoms with E-state index in [0.29, 0.717) is 22.9 Å². The van der Waals surface area contributed by atoms with E-state index in [1.54, 1.807) is 18.2 Å². The molecule has 2 rings (SSSR count). The van der Waals surface area contributed by atoms with Crippen molar-refractivity contribution in [2.24, 2.45) is 0 Å². The standard InChI is InChI=1S/C17H17Cl2NO/c1-11-5-3-8-16(12(11)2)20-17(21)10-9-13-14(18)6-4-7-15(13)19/h3-8H,9-10H2,1-2H3,(H,20,21). The zero-order valence-corrected chi connectivity index (χ0v) is 13.6. The van der Waals surface area contributed by atoms with Gasteiger partial charge in [0.2, 0.25) is 5.91 Å². The zero-order valence-electron chi connectivity index (χ0n) is 12.0. The fourth-order valence-electron chi connectivity index (χ4n) is 2.11. The molecule has 1 amide bonds. The van der Waals surface area contributed by atoms with Crippen LogP contribution in [0.25, 0.3) is 0 Å². The lowest BCUT2D eigenvalue weighted by atomic mass is 10.1. The molecule has 2 aromatic rings. The van der Waals surface area contributed by atoms with E-state index >= 15 is 0 Å². The Balaban J connectivity index is 2.01. The molecule has 0 spiro atoms. The van der Waals surface area contributed by atoms with Gasteiger partial charge in [0.05, 0.1) is 0 Å². The van der Waals surface area contributed by atoms with Gasteiger partial charge in [-0.1, -0.05) is 41.4 Å². The summed E-state index contributed by atoms with van der Waals surface area (Å²) < 4.78 is 0. The number of amides is 1. The van der Waals surface area contributed by atoms with E-state index in [9.17, 15) is 4.79 Å². The number of nitrogens with one attached hydrogen (secondary N) is 1. The van der Waals surface area contributed by atoms with E-state index in [-0.39, 0.29) is 5.91 Å². The molecule has 0 saturated carbocycles. The van der Waals surface area contributed by atoms with Crippen molar-refractivity contribution in [3.8, 4) is 0 Å². The first-order chi connectivity index (χ1) is 9.99. The smallest absolute Gasteiger partial charge is 0.224 e. The maximum atomic E-state index is 12.1. The lowest BCUT2D eigenvalue weighted by molar-refractivity contribution is -0.116. The largest absolute Gasteiger partial charge is 0.326 e. The van der Waals surface area contributed by atoms with E-state index in [2.05, 4.69) is 5.32 Å². The maximum absolute atomic E-state index is 12.1. The number of benzene rings is 2. The summed E-state index contributed by atoms with van der Waals surface area (Å²) in [6.07, 6.45) is 0.867. The Morgan fingerprint density at radius 1 is 1.05 bits per heavy atom. The van der Waals surface area contributed by atoms with Crippen molar-refractivity contribution in [1.29, 1.82) is 0 Å². The molecule has 0 atom stereocenters. The molecule has 0 aliphatic carbocycles. The third kappa shape index (κ3) is 3.99. The minimum absolute atomic E-state index is 0.0420. The third-order valence-electron chi connectivity index (χ3n) is 3.54. The molecule has 0 radical (unpaired) electrons. The van der Waals surface area contributed by atoms with Gasteiger partial charge in [0.15, 0.2) is 0 Å². The molecule has 0 saturated heterocycles. The Bertz CT molecular complexity index is 648. The van der Waals surface area contributed by atoms with Gasteiger partial charge >= 0.3 is 0 Å². The molecule has 0 unspecified atom stereocenters. The van der Waals surface area contributed by atoms with Gasteiger partial charge in [-0.2, -0.15) is 0 Å². The summed E-state index contributed by atoms with van der Waals surface area (Å²) in [6.45, 7) is 4.02. The Hall–Kier alpha value is -1.51. The fraction of sp³-hybridized carbons (Fsp3) is 0.235. The van der Waals surface area contributed by atoms with Gasteiger partial charge in [-0.15, -0.1) is 0 Å². The highest BCUT2D eigenvalue weighted by atomic mass is 35.5. The van der Waals surface area contributed by atoms with E-state index < -0.39 is 0 Å². The minimum Gasteiger partial charge on any atom is -0.326 e. The summed E-state index contributed by atoms with van der Waals surface area (Å²) >= 11 is 12.2. The molecule has 21 heavy (non-hydrogen) atoms. The molecule has 0 aliphatic heterocycles. The number of carbonyl (C=O) groups excluding carboxylic acids is 1. The van der Waals surface area contributed by atoms with E-state index in [0.717, 1.165) is 22.4 Å². The summed E-state index contributed by atoms with van der Waals surface area (Å²) in [4.78, 5) is 12.1. The van der Waals surface area contributed by atoms with Crippen LogP contribution in [0.3, 0.4) is 0 Å². The van der Waals surface area contributed by atoms with Gasteiger partial charge < -0.3 is 5.32 Å². The summed E-state index contributed by atoms with van der Waals surface area (Å²) in [5.41, 5.74) is 3.91. The highest BCUT2D eigenvalue weighted by Crippen LogP contribution is 2.26. The van der Waals surface area contributed by atoms with Crippen LogP contribution in [0.4, 0.5) is 5.69 Å². The van der Waals surface area contributed by atoms with Gasteiger partial charge in [-0.25, -0.2) is 0 Å². The van der Waals surface area contributed by atoms with E-state index in [1.165, 1.54) is 0 Å². The monoisotopic (exact) mass is 321 g/mol. The quantitative estimate of drug-likeness (QED) is 0.825. The predicted octanol–water partition coefficient (Wildman–Crippen LogP) is 5.18. The Morgan fingerprint density at radius 2 is 1.67 bits per heavy atom. The predicted molar refractivity (Wildman–Crippen MR) is 89.3 cm³/mol. The van der Waals surface area contributed by atoms with Gasteiger partial charge in [0.1, 0.15) is 0 Å². The van der Waals surface area contributed by atoms with Crippen molar-refractivity contribution < 1.29 is 4.79 Å². The van der Waals surface area contributed by atoms with Crippen LogP contribution in [0.15, 0.2) is 36.4 Å². The SMILES string of the molecule is Cc1cccc(NC(=O)CCc2c(Cl)cccc2Cl)c1C. The average molecular weight is 322 g/mol. The second-order valence-electron chi connectivity index (χ2n) is 5.00. The lowest BCUT2D eigenvalue weighted by Crippen LogP contribution is -2.13. The molecule has 110 valence electrons. The number of anilines is 1.